The van der Waals surface area contributed by atoms with Gasteiger partial charge in [-0.15, -0.1) is 0 Å². The lowest BCUT2D eigenvalue weighted by Gasteiger charge is -2.35. The molecule has 0 saturated carbocycles. The van der Waals surface area contributed by atoms with Crippen LogP contribution in [0, 0.1) is 0 Å². The third-order valence-corrected chi connectivity index (χ3v) is 5.80. The lowest BCUT2D eigenvalue weighted by molar-refractivity contribution is -0.130. The van der Waals surface area contributed by atoms with Gasteiger partial charge >= 0.3 is 0 Å². The zero-order valence-electron chi connectivity index (χ0n) is 15.5. The molecule has 2 saturated heterocycles. The molecule has 1 N–H and O–H groups in total. The van der Waals surface area contributed by atoms with Gasteiger partial charge in [-0.2, -0.15) is 0 Å². The minimum absolute atomic E-state index is 0.0406. The highest BCUT2D eigenvalue weighted by Gasteiger charge is 2.24. The number of likely N-dealkylation sites (tertiary alicyclic amines) is 1. The molecule has 2 aliphatic heterocycles. The fourth-order valence-corrected chi connectivity index (χ4v) is 4.18. The zero-order valence-corrected chi connectivity index (χ0v) is 17.2. The molecule has 2 amide bonds. The summed E-state index contributed by atoms with van der Waals surface area (Å²) in [7, 11) is 0. The third-order valence-electron chi connectivity index (χ3n) is 4.29. The molecule has 6 nitrogen and oxygen atoms in total. The Morgan fingerprint density at radius 3 is 2.16 bits per heavy atom. The van der Waals surface area contributed by atoms with Gasteiger partial charge in [0.05, 0.1) is 12.3 Å². The largest absolute Gasteiger partial charge is 0.358 e. The normalized spacial score (nSPS) is 19.2. The number of thiocarbonyl (C=S) groups is 1. The second-order valence-electron chi connectivity index (χ2n) is 7.70. The van der Waals surface area contributed by atoms with Crippen molar-refractivity contribution in [2.75, 3.05) is 51.6 Å². The van der Waals surface area contributed by atoms with E-state index in [-0.39, 0.29) is 17.4 Å². The second kappa shape index (κ2) is 9.19. The van der Waals surface area contributed by atoms with Crippen LogP contribution < -0.4 is 5.32 Å². The monoisotopic (exact) mass is 386 g/mol. The van der Waals surface area contributed by atoms with Crippen molar-refractivity contribution >= 4 is 40.1 Å². The SMILES string of the molecule is CC(C)(C)NC(=O)CN1CCN(C(=O)CSC(=S)N2CCCC2)CC1. The van der Waals surface area contributed by atoms with Crippen molar-refractivity contribution in [3.8, 4) is 0 Å². The van der Waals surface area contributed by atoms with Crippen LogP contribution in [0.25, 0.3) is 0 Å². The summed E-state index contributed by atoms with van der Waals surface area (Å²) in [5, 5.41) is 2.98. The Kier molecular flexibility index (Phi) is 7.51. The number of carbonyl (C=O) groups is 2. The summed E-state index contributed by atoms with van der Waals surface area (Å²) in [5.74, 6) is 0.601. The Balaban J connectivity index is 1.66. The van der Waals surface area contributed by atoms with Crippen molar-refractivity contribution in [1.82, 2.24) is 20.0 Å². The first kappa shape index (κ1) is 20.5. The molecule has 8 heteroatoms. The number of nitrogens with one attached hydrogen (secondary N) is 1. The molecule has 0 bridgehead atoms. The molecule has 0 aromatic carbocycles. The first-order valence-electron chi connectivity index (χ1n) is 8.97. The topological polar surface area (TPSA) is 55.9 Å². The van der Waals surface area contributed by atoms with E-state index in [2.05, 4.69) is 15.1 Å². The molecule has 2 aliphatic rings. The summed E-state index contributed by atoms with van der Waals surface area (Å²) >= 11 is 6.89. The number of carbonyl (C=O) groups excluding carboxylic acids is 2. The van der Waals surface area contributed by atoms with Crippen LogP contribution in [-0.4, -0.2) is 87.9 Å². The summed E-state index contributed by atoms with van der Waals surface area (Å²) in [6.07, 6.45) is 2.39. The van der Waals surface area contributed by atoms with E-state index < -0.39 is 0 Å². The van der Waals surface area contributed by atoms with Crippen LogP contribution in [0.5, 0.6) is 0 Å². The molecule has 0 radical (unpaired) electrons. The van der Waals surface area contributed by atoms with Crippen LogP contribution >= 0.6 is 24.0 Å². The minimum atomic E-state index is -0.208. The first-order chi connectivity index (χ1) is 11.7. The first-order valence-corrected chi connectivity index (χ1v) is 10.4. The maximum atomic E-state index is 12.4. The van der Waals surface area contributed by atoms with E-state index >= 15 is 0 Å². The van der Waals surface area contributed by atoms with E-state index in [9.17, 15) is 9.59 Å². The van der Waals surface area contributed by atoms with Crippen LogP contribution in [0.4, 0.5) is 0 Å². The number of piperazine rings is 1. The molecule has 25 heavy (non-hydrogen) atoms. The van der Waals surface area contributed by atoms with Crippen LogP contribution in [0.1, 0.15) is 33.6 Å². The predicted octanol–water partition coefficient (Wildman–Crippen LogP) is 1.16. The zero-order chi connectivity index (χ0) is 18.4. The smallest absolute Gasteiger partial charge is 0.234 e. The molecular weight excluding hydrogens is 356 g/mol. The summed E-state index contributed by atoms with van der Waals surface area (Å²) in [6.45, 7) is 11.2. The Labute approximate surface area is 160 Å². The van der Waals surface area contributed by atoms with Gasteiger partial charge in [-0.25, -0.2) is 0 Å². The van der Waals surface area contributed by atoms with Gasteiger partial charge in [0.15, 0.2) is 0 Å². The quantitative estimate of drug-likeness (QED) is 0.732. The highest BCUT2D eigenvalue weighted by atomic mass is 32.2. The molecule has 0 unspecified atom stereocenters. The van der Waals surface area contributed by atoms with Gasteiger partial charge in [0, 0.05) is 44.8 Å². The van der Waals surface area contributed by atoms with Crippen LogP contribution in [-0.2, 0) is 9.59 Å². The van der Waals surface area contributed by atoms with Crippen LogP contribution in [0.3, 0.4) is 0 Å². The maximum absolute atomic E-state index is 12.4. The average Bonchev–Trinajstić information content (AvgIpc) is 3.05. The molecule has 0 aromatic rings. The number of nitrogens with zero attached hydrogens (tertiary/aromatic N) is 3. The molecule has 0 spiro atoms. The van der Waals surface area contributed by atoms with Gasteiger partial charge < -0.3 is 15.1 Å². The lowest BCUT2D eigenvalue weighted by atomic mass is 10.1. The van der Waals surface area contributed by atoms with Crippen LogP contribution in [0.2, 0.25) is 0 Å². The average molecular weight is 387 g/mol. The Hall–Kier alpha value is -0.860. The van der Waals surface area contributed by atoms with Crippen molar-refractivity contribution in [2.45, 2.75) is 39.2 Å². The summed E-state index contributed by atoms with van der Waals surface area (Å²) in [5.41, 5.74) is -0.208. The van der Waals surface area contributed by atoms with Gasteiger partial charge in [-0.05, 0) is 33.6 Å². The number of hydrogen-bond acceptors (Lipinski definition) is 5. The standard InChI is InChI=1S/C17H30N4O2S2/c1-17(2,3)18-14(22)12-19-8-10-20(11-9-19)15(23)13-25-16(24)21-6-4-5-7-21/h4-13H2,1-3H3,(H,18,22). The van der Waals surface area contributed by atoms with E-state index in [0.29, 0.717) is 25.4 Å². The van der Waals surface area contributed by atoms with Crippen molar-refractivity contribution in [1.29, 1.82) is 0 Å². The molecule has 2 fully saturated rings. The fourth-order valence-electron chi connectivity index (χ4n) is 3.02. The molecule has 0 aromatic heterocycles. The summed E-state index contributed by atoms with van der Waals surface area (Å²) in [4.78, 5) is 30.5. The number of hydrogen-bond donors (Lipinski definition) is 1. The molecule has 2 rings (SSSR count). The predicted molar refractivity (Wildman–Crippen MR) is 107 cm³/mol. The van der Waals surface area contributed by atoms with Gasteiger partial charge in [0.2, 0.25) is 11.8 Å². The van der Waals surface area contributed by atoms with E-state index in [1.165, 1.54) is 24.6 Å². The molecule has 142 valence electrons. The number of thioether (sulfide) groups is 1. The van der Waals surface area contributed by atoms with Crippen molar-refractivity contribution < 1.29 is 9.59 Å². The fraction of sp³-hybridized carbons (Fsp3) is 0.824. The number of amides is 2. The van der Waals surface area contributed by atoms with Crippen LogP contribution in [0.15, 0.2) is 0 Å². The maximum Gasteiger partial charge on any atom is 0.234 e. The van der Waals surface area contributed by atoms with E-state index in [1.54, 1.807) is 0 Å². The van der Waals surface area contributed by atoms with Crippen molar-refractivity contribution in [3.63, 3.8) is 0 Å². The molecule has 0 atom stereocenters. The Morgan fingerprint density at radius 2 is 1.60 bits per heavy atom. The van der Waals surface area contributed by atoms with Gasteiger partial charge in [-0.1, -0.05) is 24.0 Å². The van der Waals surface area contributed by atoms with Gasteiger partial charge in [0.1, 0.15) is 4.32 Å². The van der Waals surface area contributed by atoms with Gasteiger partial charge in [-0.3, -0.25) is 14.5 Å². The highest BCUT2D eigenvalue weighted by molar-refractivity contribution is 8.23. The van der Waals surface area contributed by atoms with E-state index in [4.69, 9.17) is 12.2 Å². The molecule has 2 heterocycles. The molecule has 0 aliphatic carbocycles. The van der Waals surface area contributed by atoms with Crippen molar-refractivity contribution in [3.05, 3.63) is 0 Å². The minimum Gasteiger partial charge on any atom is -0.358 e. The summed E-state index contributed by atoms with van der Waals surface area (Å²) in [6, 6.07) is 0. The van der Waals surface area contributed by atoms with Crippen molar-refractivity contribution in [2.24, 2.45) is 0 Å². The second-order valence-corrected chi connectivity index (χ2v) is 9.31. The van der Waals surface area contributed by atoms with E-state index in [0.717, 1.165) is 30.5 Å². The van der Waals surface area contributed by atoms with Gasteiger partial charge in [0.25, 0.3) is 0 Å². The Bertz CT molecular complexity index is 493. The molecular formula is C17H30N4O2S2. The third kappa shape index (κ3) is 7.11. The lowest BCUT2D eigenvalue weighted by Crippen LogP contribution is -2.53. The Morgan fingerprint density at radius 1 is 1.00 bits per heavy atom. The van der Waals surface area contributed by atoms with E-state index in [1.807, 2.05) is 25.7 Å². The summed E-state index contributed by atoms with van der Waals surface area (Å²) < 4.78 is 0.850. The number of rotatable bonds is 4. The highest BCUT2D eigenvalue weighted by Crippen LogP contribution is 2.17.